The Balaban J connectivity index is 1.62. The Morgan fingerprint density at radius 3 is 2.52 bits per heavy atom. The van der Waals surface area contributed by atoms with Gasteiger partial charge in [0.05, 0.1) is 24.0 Å². The highest BCUT2D eigenvalue weighted by molar-refractivity contribution is 7.80. The van der Waals surface area contributed by atoms with Gasteiger partial charge in [0.1, 0.15) is 10.8 Å². The van der Waals surface area contributed by atoms with E-state index in [4.69, 9.17) is 0 Å². The van der Waals surface area contributed by atoms with Crippen molar-refractivity contribution in [2.75, 3.05) is 0 Å². The van der Waals surface area contributed by atoms with Crippen LogP contribution in [0.3, 0.4) is 0 Å². The van der Waals surface area contributed by atoms with Gasteiger partial charge in [-0.3, -0.25) is 0 Å². The lowest BCUT2D eigenvalue weighted by Crippen LogP contribution is -2.03. The average Bonchev–Trinajstić information content (AvgIpc) is 3.23. The summed E-state index contributed by atoms with van der Waals surface area (Å²) in [5.74, 6) is 0.136. The molecule has 0 N–H and O–H groups in total. The smallest absolute Gasteiger partial charge is 0.209 e. The Bertz CT molecular complexity index is 994. The van der Waals surface area contributed by atoms with Gasteiger partial charge in [-0.15, -0.1) is 22.8 Å². The van der Waals surface area contributed by atoms with Gasteiger partial charge in [0, 0.05) is 0 Å². The van der Waals surface area contributed by atoms with Crippen LogP contribution in [0.5, 0.6) is 0 Å². The number of aromatic nitrogens is 6. The molecule has 0 spiro atoms. The fourth-order valence-electron chi connectivity index (χ4n) is 2.44. The molecule has 0 aliphatic carbocycles. The summed E-state index contributed by atoms with van der Waals surface area (Å²) >= 11 is 4.51. The lowest BCUT2D eigenvalue weighted by molar-refractivity contribution is 0.573. The highest BCUT2D eigenvalue weighted by Crippen LogP contribution is 2.25. The summed E-state index contributed by atoms with van der Waals surface area (Å²) in [5, 5.41) is 17.4. The van der Waals surface area contributed by atoms with Crippen LogP contribution in [0.1, 0.15) is 5.56 Å². The van der Waals surface area contributed by atoms with Gasteiger partial charge in [-0.2, -0.15) is 9.90 Å². The van der Waals surface area contributed by atoms with Crippen molar-refractivity contribution in [3.63, 3.8) is 0 Å². The molecule has 0 amide bonds. The summed E-state index contributed by atoms with van der Waals surface area (Å²) in [7, 11) is 0. The number of hydrogen-bond acceptors (Lipinski definition) is 5. The third-order valence-corrected chi connectivity index (χ3v) is 4.11. The van der Waals surface area contributed by atoms with Crippen molar-refractivity contribution in [2.24, 2.45) is 0 Å². The first-order valence-electron chi connectivity index (χ1n) is 7.56. The lowest BCUT2D eigenvalue weighted by atomic mass is 10.2. The summed E-state index contributed by atoms with van der Waals surface area (Å²) in [5.41, 5.74) is 2.45. The molecule has 0 unspecified atom stereocenters. The van der Waals surface area contributed by atoms with Gasteiger partial charge in [0.2, 0.25) is 5.82 Å². The van der Waals surface area contributed by atoms with Gasteiger partial charge in [-0.05, 0) is 35.0 Å². The van der Waals surface area contributed by atoms with Crippen LogP contribution in [-0.2, 0) is 6.54 Å². The average molecular weight is 352 g/mol. The number of thiol groups is 1. The Morgan fingerprint density at radius 1 is 1.00 bits per heavy atom. The van der Waals surface area contributed by atoms with Gasteiger partial charge >= 0.3 is 0 Å². The Hall–Kier alpha value is -3.00. The van der Waals surface area contributed by atoms with Crippen molar-refractivity contribution < 1.29 is 4.39 Å². The van der Waals surface area contributed by atoms with Gasteiger partial charge in [0.25, 0.3) is 0 Å². The highest BCUT2D eigenvalue weighted by atomic mass is 32.1. The van der Waals surface area contributed by atoms with Crippen molar-refractivity contribution in [2.45, 2.75) is 11.6 Å². The van der Waals surface area contributed by atoms with E-state index in [-0.39, 0.29) is 5.82 Å². The minimum atomic E-state index is -0.303. The number of halogens is 1. The fourth-order valence-corrected chi connectivity index (χ4v) is 2.76. The normalized spacial score (nSPS) is 11.0. The molecule has 8 heteroatoms. The molecule has 2 heterocycles. The van der Waals surface area contributed by atoms with Gasteiger partial charge in [-0.25, -0.2) is 9.07 Å². The van der Waals surface area contributed by atoms with E-state index in [0.29, 0.717) is 28.6 Å². The molecule has 2 aromatic carbocycles. The minimum absolute atomic E-state index is 0.303. The molecule has 0 aliphatic heterocycles. The van der Waals surface area contributed by atoms with Gasteiger partial charge < -0.3 is 0 Å². The molecule has 0 aliphatic rings. The monoisotopic (exact) mass is 352 g/mol. The molecule has 0 saturated carbocycles. The number of hydrogen-bond donors (Lipinski definition) is 1. The lowest BCUT2D eigenvalue weighted by Gasteiger charge is -2.03. The summed E-state index contributed by atoms with van der Waals surface area (Å²) < 4.78 is 14.7. The maximum atomic E-state index is 13.1. The summed E-state index contributed by atoms with van der Waals surface area (Å²) in [6.45, 7) is 0.530. The van der Waals surface area contributed by atoms with Gasteiger partial charge in [0.15, 0.2) is 0 Å². The minimum Gasteiger partial charge on any atom is -0.227 e. The predicted molar refractivity (Wildman–Crippen MR) is 93.1 cm³/mol. The van der Waals surface area contributed by atoms with Crippen LogP contribution >= 0.6 is 12.6 Å². The topological polar surface area (TPSA) is 61.4 Å². The summed E-state index contributed by atoms with van der Waals surface area (Å²) in [4.78, 5) is 1.52. The van der Waals surface area contributed by atoms with Gasteiger partial charge in [-0.1, -0.05) is 30.3 Å². The first-order valence-corrected chi connectivity index (χ1v) is 8.00. The molecule has 0 radical (unpaired) electrons. The Kier molecular flexibility index (Phi) is 4.02. The van der Waals surface area contributed by atoms with Crippen molar-refractivity contribution in [1.29, 1.82) is 0 Å². The van der Waals surface area contributed by atoms with Crippen molar-refractivity contribution in [1.82, 2.24) is 30.0 Å². The fraction of sp³-hybridized carbons (Fsp3) is 0.0588. The summed E-state index contributed by atoms with van der Waals surface area (Å²) in [6.07, 6.45) is 1.62. The zero-order valence-electron chi connectivity index (χ0n) is 13.0. The van der Waals surface area contributed by atoms with Crippen LogP contribution in [0.25, 0.3) is 17.1 Å². The van der Waals surface area contributed by atoms with Crippen LogP contribution in [-0.4, -0.2) is 30.0 Å². The molecule has 25 heavy (non-hydrogen) atoms. The molecule has 4 rings (SSSR count). The number of nitrogens with zero attached hydrogens (tertiary/aromatic N) is 6. The Morgan fingerprint density at radius 2 is 1.76 bits per heavy atom. The third-order valence-electron chi connectivity index (χ3n) is 3.68. The Labute approximate surface area is 148 Å². The van der Waals surface area contributed by atoms with E-state index in [1.165, 1.54) is 16.9 Å². The molecule has 0 atom stereocenters. The van der Waals surface area contributed by atoms with Crippen LogP contribution in [0.15, 0.2) is 65.8 Å². The van der Waals surface area contributed by atoms with E-state index in [1.54, 1.807) is 23.0 Å². The summed E-state index contributed by atoms with van der Waals surface area (Å²) in [6, 6.07) is 15.9. The molecule has 2 aromatic heterocycles. The predicted octanol–water partition coefficient (Wildman–Crippen LogP) is 3.00. The molecule has 0 fully saturated rings. The third kappa shape index (κ3) is 3.16. The second kappa shape index (κ2) is 6.48. The van der Waals surface area contributed by atoms with E-state index in [1.807, 2.05) is 30.3 Å². The van der Waals surface area contributed by atoms with Crippen molar-refractivity contribution in [3.8, 4) is 17.1 Å². The van der Waals surface area contributed by atoms with E-state index in [9.17, 15) is 4.39 Å². The second-order valence-corrected chi connectivity index (χ2v) is 5.82. The molecular weight excluding hydrogens is 339 g/mol. The molecule has 4 aromatic rings. The SMILES string of the molecule is Fc1ccc(-n2ncc(-c3nnn(Cc4ccccc4)n3)c2S)cc1. The van der Waals surface area contributed by atoms with Crippen LogP contribution in [0, 0.1) is 5.82 Å². The molecule has 6 nitrogen and oxygen atoms in total. The molecular formula is C17H13FN6S. The van der Waals surface area contributed by atoms with E-state index >= 15 is 0 Å². The molecule has 124 valence electrons. The number of rotatable bonds is 4. The molecule has 0 bridgehead atoms. The maximum absolute atomic E-state index is 13.1. The number of tetrazole rings is 1. The van der Waals surface area contributed by atoms with Crippen LogP contribution in [0.4, 0.5) is 4.39 Å². The second-order valence-electron chi connectivity index (χ2n) is 5.40. The van der Waals surface area contributed by atoms with E-state index < -0.39 is 0 Å². The first-order chi connectivity index (χ1) is 12.2. The first kappa shape index (κ1) is 15.5. The van der Waals surface area contributed by atoms with E-state index in [2.05, 4.69) is 33.1 Å². The maximum Gasteiger partial charge on any atom is 0.209 e. The van der Waals surface area contributed by atoms with Crippen LogP contribution in [0.2, 0.25) is 0 Å². The highest BCUT2D eigenvalue weighted by Gasteiger charge is 2.15. The standard InChI is InChI=1S/C17H13FN6S/c18-13-6-8-14(9-7-13)24-17(25)15(10-19-24)16-20-22-23(21-16)11-12-4-2-1-3-5-12/h1-10,25H,11H2. The zero-order valence-corrected chi connectivity index (χ0v) is 13.9. The zero-order chi connectivity index (χ0) is 17.2. The number of benzene rings is 2. The quantitative estimate of drug-likeness (QED) is 0.574. The van der Waals surface area contributed by atoms with Crippen molar-refractivity contribution in [3.05, 3.63) is 72.2 Å². The molecule has 0 saturated heterocycles. The van der Waals surface area contributed by atoms with Crippen LogP contribution < -0.4 is 0 Å². The van der Waals surface area contributed by atoms with E-state index in [0.717, 1.165) is 5.56 Å². The van der Waals surface area contributed by atoms with Crippen molar-refractivity contribution >= 4 is 12.6 Å². The largest absolute Gasteiger partial charge is 0.227 e.